The van der Waals surface area contributed by atoms with Gasteiger partial charge in [0.15, 0.2) is 5.16 Å². The van der Waals surface area contributed by atoms with Gasteiger partial charge < -0.3 is 10.1 Å². The number of benzene rings is 2. The van der Waals surface area contributed by atoms with Crippen LogP contribution in [-0.2, 0) is 14.8 Å². The fourth-order valence-electron chi connectivity index (χ4n) is 3.60. The maximum Gasteiger partial charge on any atom is 0.243 e. The number of methoxy groups -OCH3 is 1. The summed E-state index contributed by atoms with van der Waals surface area (Å²) in [6.45, 7) is 1.02. The number of amides is 1. The van der Waals surface area contributed by atoms with E-state index in [1.54, 1.807) is 17.0 Å². The number of nitrogens with zero attached hydrogens (tertiary/aromatic N) is 4. The number of aromatic nitrogens is 3. The molecule has 11 heteroatoms. The summed E-state index contributed by atoms with van der Waals surface area (Å²) in [5, 5.41) is 11.4. The van der Waals surface area contributed by atoms with E-state index in [0.717, 1.165) is 24.9 Å². The van der Waals surface area contributed by atoms with Gasteiger partial charge in [0, 0.05) is 18.8 Å². The first-order valence-corrected chi connectivity index (χ1v) is 13.0. The number of ether oxygens (including phenoxy) is 1. The number of anilines is 1. The van der Waals surface area contributed by atoms with Crippen LogP contribution in [0.3, 0.4) is 0 Å². The average molecular weight is 488 g/mol. The molecule has 4 rings (SSSR count). The van der Waals surface area contributed by atoms with E-state index in [4.69, 9.17) is 4.74 Å². The Morgan fingerprint density at radius 2 is 1.88 bits per heavy atom. The van der Waals surface area contributed by atoms with Crippen LogP contribution in [0.5, 0.6) is 5.75 Å². The number of sulfonamides is 1. The molecule has 1 aliphatic rings. The Hall–Kier alpha value is -2.89. The summed E-state index contributed by atoms with van der Waals surface area (Å²) in [4.78, 5) is 12.8. The summed E-state index contributed by atoms with van der Waals surface area (Å²) in [7, 11) is -2.16. The van der Waals surface area contributed by atoms with Crippen molar-refractivity contribution >= 4 is 33.4 Å². The van der Waals surface area contributed by atoms with Gasteiger partial charge in [0.2, 0.25) is 15.9 Å². The van der Waals surface area contributed by atoms with Crippen molar-refractivity contribution in [1.82, 2.24) is 19.1 Å². The van der Waals surface area contributed by atoms with Gasteiger partial charge in [0.25, 0.3) is 0 Å². The molecule has 0 radical (unpaired) electrons. The smallest absolute Gasteiger partial charge is 0.243 e. The molecule has 1 aromatic heterocycles. The third-order valence-corrected chi connectivity index (χ3v) is 8.12. The highest BCUT2D eigenvalue weighted by Crippen LogP contribution is 2.30. The van der Waals surface area contributed by atoms with E-state index in [1.807, 2.05) is 30.3 Å². The molecule has 0 aliphatic carbocycles. The van der Waals surface area contributed by atoms with Gasteiger partial charge in [-0.1, -0.05) is 36.4 Å². The standard InChI is InChI=1S/C22H25N5O4S2/c1-31-20-11-10-18(33(29,30)26-12-6-3-7-13-26)14-19(20)24-21(28)15-32-22-25-23-16-27(22)17-8-4-2-5-9-17/h2,4-5,8-11,14,16H,3,6-7,12-13,15H2,1H3,(H,24,28). The molecule has 0 unspecified atom stereocenters. The van der Waals surface area contributed by atoms with Crippen molar-refractivity contribution in [2.45, 2.75) is 29.3 Å². The minimum Gasteiger partial charge on any atom is -0.495 e. The highest BCUT2D eigenvalue weighted by Gasteiger charge is 2.27. The van der Waals surface area contributed by atoms with E-state index in [-0.39, 0.29) is 16.6 Å². The molecule has 1 saturated heterocycles. The minimum atomic E-state index is -3.63. The summed E-state index contributed by atoms with van der Waals surface area (Å²) in [5.74, 6) is 0.143. The van der Waals surface area contributed by atoms with Gasteiger partial charge in [-0.3, -0.25) is 9.36 Å². The quantitative estimate of drug-likeness (QED) is 0.486. The summed E-state index contributed by atoms with van der Waals surface area (Å²) in [6.07, 6.45) is 4.33. The molecular formula is C22H25N5O4S2. The molecule has 33 heavy (non-hydrogen) atoms. The fraction of sp³-hybridized carbons (Fsp3) is 0.318. The molecule has 0 bridgehead atoms. The van der Waals surface area contributed by atoms with Gasteiger partial charge in [-0.05, 0) is 43.2 Å². The molecule has 3 aromatic rings. The van der Waals surface area contributed by atoms with E-state index in [2.05, 4.69) is 15.5 Å². The zero-order chi connectivity index (χ0) is 23.3. The minimum absolute atomic E-state index is 0.0672. The Morgan fingerprint density at radius 1 is 1.12 bits per heavy atom. The maximum absolute atomic E-state index is 13.0. The molecule has 9 nitrogen and oxygen atoms in total. The van der Waals surface area contributed by atoms with Gasteiger partial charge in [-0.25, -0.2) is 8.42 Å². The number of rotatable bonds is 8. The van der Waals surface area contributed by atoms with Gasteiger partial charge in [0.1, 0.15) is 12.1 Å². The zero-order valence-electron chi connectivity index (χ0n) is 18.2. The molecule has 1 fully saturated rings. The van der Waals surface area contributed by atoms with E-state index in [9.17, 15) is 13.2 Å². The Kier molecular flexibility index (Phi) is 7.31. The van der Waals surface area contributed by atoms with Gasteiger partial charge in [-0.2, -0.15) is 4.31 Å². The van der Waals surface area contributed by atoms with Crippen LogP contribution in [0.15, 0.2) is 64.9 Å². The fourth-order valence-corrected chi connectivity index (χ4v) is 5.88. The number of carbonyl (C=O) groups excluding carboxylic acids is 1. The molecule has 174 valence electrons. The lowest BCUT2D eigenvalue weighted by Crippen LogP contribution is -2.35. The number of hydrogen-bond donors (Lipinski definition) is 1. The molecule has 1 aliphatic heterocycles. The summed E-state index contributed by atoms with van der Waals surface area (Å²) < 4.78 is 34.7. The maximum atomic E-state index is 13.0. The molecule has 0 saturated carbocycles. The highest BCUT2D eigenvalue weighted by atomic mass is 32.2. The van der Waals surface area contributed by atoms with E-state index in [1.165, 1.54) is 35.3 Å². The van der Waals surface area contributed by atoms with Crippen molar-refractivity contribution in [3.8, 4) is 11.4 Å². The van der Waals surface area contributed by atoms with Crippen LogP contribution in [-0.4, -0.2) is 59.3 Å². The predicted octanol–water partition coefficient (Wildman–Crippen LogP) is 3.18. The number of para-hydroxylation sites is 1. The van der Waals surface area contributed by atoms with E-state index >= 15 is 0 Å². The second kappa shape index (κ2) is 10.4. The first-order valence-electron chi connectivity index (χ1n) is 10.6. The van der Waals surface area contributed by atoms with E-state index < -0.39 is 10.0 Å². The molecule has 2 aromatic carbocycles. The molecule has 1 N–H and O–H groups in total. The monoisotopic (exact) mass is 487 g/mol. The first kappa shape index (κ1) is 23.3. The lowest BCUT2D eigenvalue weighted by molar-refractivity contribution is -0.113. The second-order valence-corrected chi connectivity index (χ2v) is 10.4. The normalized spacial score (nSPS) is 14.7. The van der Waals surface area contributed by atoms with Crippen molar-refractivity contribution in [3.63, 3.8) is 0 Å². The van der Waals surface area contributed by atoms with Crippen LogP contribution in [0.25, 0.3) is 5.69 Å². The van der Waals surface area contributed by atoms with Gasteiger partial charge in [0.05, 0.1) is 23.4 Å². The van der Waals surface area contributed by atoms with Crippen molar-refractivity contribution in [2.24, 2.45) is 0 Å². The number of nitrogens with one attached hydrogen (secondary N) is 1. The third-order valence-electron chi connectivity index (χ3n) is 5.28. The largest absolute Gasteiger partial charge is 0.495 e. The molecule has 0 spiro atoms. The van der Waals surface area contributed by atoms with Crippen molar-refractivity contribution in [3.05, 3.63) is 54.9 Å². The topological polar surface area (TPSA) is 106 Å². The molecule has 0 atom stereocenters. The Bertz CT molecular complexity index is 1210. The number of thioether (sulfide) groups is 1. The third kappa shape index (κ3) is 5.37. The van der Waals surface area contributed by atoms with Crippen LogP contribution in [0.2, 0.25) is 0 Å². The Labute approximate surface area is 197 Å². The molecule has 2 heterocycles. The lowest BCUT2D eigenvalue weighted by Gasteiger charge is -2.26. The Balaban J connectivity index is 1.47. The van der Waals surface area contributed by atoms with Crippen LogP contribution < -0.4 is 10.1 Å². The summed E-state index contributed by atoms with van der Waals surface area (Å²) >= 11 is 1.23. The first-order chi connectivity index (χ1) is 16.0. The second-order valence-electron chi connectivity index (χ2n) is 7.48. The van der Waals surface area contributed by atoms with Crippen molar-refractivity contribution < 1.29 is 17.9 Å². The number of carbonyl (C=O) groups is 1. The van der Waals surface area contributed by atoms with E-state index in [0.29, 0.717) is 29.7 Å². The number of hydrogen-bond acceptors (Lipinski definition) is 7. The van der Waals surface area contributed by atoms with Crippen molar-refractivity contribution in [1.29, 1.82) is 0 Å². The highest BCUT2D eigenvalue weighted by molar-refractivity contribution is 7.99. The summed E-state index contributed by atoms with van der Waals surface area (Å²) in [6, 6.07) is 14.1. The SMILES string of the molecule is COc1ccc(S(=O)(=O)N2CCCCC2)cc1NC(=O)CSc1nncn1-c1ccccc1. The van der Waals surface area contributed by atoms with Gasteiger partial charge in [-0.15, -0.1) is 10.2 Å². The van der Waals surface area contributed by atoms with Crippen LogP contribution in [0.4, 0.5) is 5.69 Å². The molecule has 1 amide bonds. The number of piperidine rings is 1. The zero-order valence-corrected chi connectivity index (χ0v) is 19.8. The van der Waals surface area contributed by atoms with Crippen molar-refractivity contribution in [2.75, 3.05) is 31.3 Å². The lowest BCUT2D eigenvalue weighted by atomic mass is 10.2. The Morgan fingerprint density at radius 3 is 2.61 bits per heavy atom. The van der Waals surface area contributed by atoms with Crippen LogP contribution in [0, 0.1) is 0 Å². The predicted molar refractivity (Wildman–Crippen MR) is 126 cm³/mol. The van der Waals surface area contributed by atoms with Crippen LogP contribution >= 0.6 is 11.8 Å². The average Bonchev–Trinajstić information content (AvgIpc) is 3.32. The molecular weight excluding hydrogens is 462 g/mol. The van der Waals surface area contributed by atoms with Crippen LogP contribution in [0.1, 0.15) is 19.3 Å². The summed E-state index contributed by atoms with van der Waals surface area (Å²) in [5.41, 5.74) is 1.20. The van der Waals surface area contributed by atoms with Gasteiger partial charge >= 0.3 is 0 Å².